The van der Waals surface area contributed by atoms with Gasteiger partial charge in [-0.25, -0.2) is 4.79 Å². The predicted octanol–water partition coefficient (Wildman–Crippen LogP) is 2.59. The van der Waals surface area contributed by atoms with Crippen molar-refractivity contribution in [3.8, 4) is 5.75 Å². The van der Waals surface area contributed by atoms with Crippen molar-refractivity contribution >= 4 is 16.9 Å². The fourth-order valence-corrected chi connectivity index (χ4v) is 3.08. The molecule has 2 heterocycles. The molecule has 1 atom stereocenters. The van der Waals surface area contributed by atoms with Gasteiger partial charge in [0.25, 0.3) is 0 Å². The summed E-state index contributed by atoms with van der Waals surface area (Å²) in [5, 5.41) is 6.93. The Morgan fingerprint density at radius 2 is 2.25 bits per heavy atom. The molecule has 2 aromatic rings. The number of ether oxygens (including phenoxy) is 2. The van der Waals surface area contributed by atoms with E-state index in [0.29, 0.717) is 19.2 Å². The van der Waals surface area contributed by atoms with Crippen molar-refractivity contribution < 1.29 is 14.3 Å². The summed E-state index contributed by atoms with van der Waals surface area (Å²) >= 11 is 0. The molecule has 0 spiro atoms. The van der Waals surface area contributed by atoms with Crippen LogP contribution in [0.5, 0.6) is 5.75 Å². The van der Waals surface area contributed by atoms with E-state index in [1.54, 1.807) is 7.11 Å². The molecule has 3 rings (SSSR count). The zero-order valence-electron chi connectivity index (χ0n) is 14.1. The van der Waals surface area contributed by atoms with E-state index in [1.165, 1.54) is 5.56 Å². The third-order valence-corrected chi connectivity index (χ3v) is 4.43. The lowest BCUT2D eigenvalue weighted by molar-refractivity contribution is 0.104. The Bertz CT molecular complexity index is 677. The molecule has 0 saturated carbocycles. The summed E-state index contributed by atoms with van der Waals surface area (Å²) < 4.78 is 10.8. The molecule has 1 aliphatic heterocycles. The zero-order chi connectivity index (χ0) is 16.8. The van der Waals surface area contributed by atoms with Crippen molar-refractivity contribution in [2.24, 2.45) is 0 Å². The van der Waals surface area contributed by atoms with E-state index in [9.17, 15) is 4.79 Å². The maximum absolute atomic E-state index is 11.8. The Morgan fingerprint density at radius 1 is 1.38 bits per heavy atom. The lowest BCUT2D eigenvalue weighted by Gasteiger charge is -2.11. The number of carbonyl (C=O) groups is 1. The van der Waals surface area contributed by atoms with Crippen molar-refractivity contribution in [1.29, 1.82) is 0 Å². The topological polar surface area (TPSA) is 75.4 Å². The molecule has 6 heteroatoms. The number of rotatable bonds is 7. The molecule has 1 aliphatic rings. The third kappa shape index (κ3) is 4.20. The monoisotopic (exact) mass is 331 g/mol. The first-order chi connectivity index (χ1) is 11.8. The van der Waals surface area contributed by atoms with E-state index in [0.717, 1.165) is 48.9 Å². The summed E-state index contributed by atoms with van der Waals surface area (Å²) in [5.41, 5.74) is 2.25. The highest BCUT2D eigenvalue weighted by atomic mass is 16.5. The van der Waals surface area contributed by atoms with Crippen LogP contribution in [0.2, 0.25) is 0 Å². The highest BCUT2D eigenvalue weighted by molar-refractivity contribution is 5.84. The predicted molar refractivity (Wildman–Crippen MR) is 93.5 cm³/mol. The van der Waals surface area contributed by atoms with Crippen LogP contribution in [-0.4, -0.2) is 43.9 Å². The number of amides is 2. The second-order valence-corrected chi connectivity index (χ2v) is 6.08. The van der Waals surface area contributed by atoms with Gasteiger partial charge < -0.3 is 25.1 Å². The number of urea groups is 1. The van der Waals surface area contributed by atoms with Gasteiger partial charge in [-0.2, -0.15) is 0 Å². The molecule has 0 bridgehead atoms. The normalized spacial score (nSPS) is 17.1. The average molecular weight is 331 g/mol. The lowest BCUT2D eigenvalue weighted by atomic mass is 10.1. The third-order valence-electron chi connectivity index (χ3n) is 4.43. The molecule has 0 radical (unpaired) electrons. The molecular formula is C18H25N3O3. The number of aromatic nitrogens is 1. The number of nitrogens with one attached hydrogen (secondary N) is 3. The second kappa shape index (κ2) is 8.06. The molecular weight excluding hydrogens is 306 g/mol. The van der Waals surface area contributed by atoms with Gasteiger partial charge in [-0.05, 0) is 49.4 Å². The van der Waals surface area contributed by atoms with E-state index in [-0.39, 0.29) is 6.03 Å². The van der Waals surface area contributed by atoms with E-state index in [4.69, 9.17) is 9.47 Å². The van der Waals surface area contributed by atoms with Crippen LogP contribution in [0.25, 0.3) is 10.9 Å². The number of methoxy groups -OCH3 is 1. The van der Waals surface area contributed by atoms with Crippen molar-refractivity contribution in [1.82, 2.24) is 15.6 Å². The summed E-state index contributed by atoms with van der Waals surface area (Å²) in [5.74, 6) is 0.836. The number of H-pyrrole nitrogens is 1. The van der Waals surface area contributed by atoms with Crippen LogP contribution in [0.15, 0.2) is 24.4 Å². The van der Waals surface area contributed by atoms with Crippen LogP contribution in [-0.2, 0) is 11.2 Å². The Balaban J connectivity index is 1.41. The van der Waals surface area contributed by atoms with E-state index in [1.807, 2.05) is 24.4 Å². The van der Waals surface area contributed by atoms with Crippen molar-refractivity contribution in [3.63, 3.8) is 0 Å². The van der Waals surface area contributed by atoms with Crippen LogP contribution in [0.1, 0.15) is 24.8 Å². The number of carbonyl (C=O) groups excluding carboxylic acids is 1. The maximum atomic E-state index is 11.8. The average Bonchev–Trinajstić information content (AvgIpc) is 3.24. The molecule has 1 aromatic carbocycles. The Morgan fingerprint density at radius 3 is 3.04 bits per heavy atom. The minimum atomic E-state index is -0.120. The smallest absolute Gasteiger partial charge is 0.314 e. The number of hydrogen-bond acceptors (Lipinski definition) is 3. The Labute approximate surface area is 141 Å². The van der Waals surface area contributed by atoms with Gasteiger partial charge >= 0.3 is 6.03 Å². The minimum absolute atomic E-state index is 0.120. The first-order valence-electron chi connectivity index (χ1n) is 8.53. The van der Waals surface area contributed by atoms with Gasteiger partial charge in [0, 0.05) is 36.8 Å². The quantitative estimate of drug-likeness (QED) is 0.730. The van der Waals surface area contributed by atoms with Gasteiger partial charge in [0.1, 0.15) is 5.75 Å². The van der Waals surface area contributed by atoms with Crippen LogP contribution < -0.4 is 15.4 Å². The summed E-state index contributed by atoms with van der Waals surface area (Å²) in [6, 6.07) is 5.83. The zero-order valence-corrected chi connectivity index (χ0v) is 14.1. The van der Waals surface area contributed by atoms with Gasteiger partial charge in [-0.15, -0.1) is 0 Å². The summed E-state index contributed by atoms with van der Waals surface area (Å²) in [6.07, 6.45) is 6.19. The van der Waals surface area contributed by atoms with Crippen molar-refractivity contribution in [2.75, 3.05) is 26.8 Å². The highest BCUT2D eigenvalue weighted by Crippen LogP contribution is 2.23. The molecule has 24 heavy (non-hydrogen) atoms. The molecule has 3 N–H and O–H groups in total. The molecule has 2 amide bonds. The molecule has 6 nitrogen and oxygen atoms in total. The summed E-state index contributed by atoms with van der Waals surface area (Å²) in [4.78, 5) is 15.1. The van der Waals surface area contributed by atoms with Crippen LogP contribution >= 0.6 is 0 Å². The first kappa shape index (κ1) is 16.6. The Hall–Kier alpha value is -2.21. The number of hydrogen-bond donors (Lipinski definition) is 3. The van der Waals surface area contributed by atoms with E-state index in [2.05, 4.69) is 15.6 Å². The molecule has 130 valence electrons. The largest absolute Gasteiger partial charge is 0.497 e. The standard InChI is InChI=1S/C18H25N3O3/c1-23-15-4-5-17-16(11-15)13(12-21-17)6-8-19-18(22)20-9-7-14-3-2-10-24-14/h4-5,11-12,14,21H,2-3,6-10H2,1H3,(H2,19,20,22)/t14-/m0/s1. The summed E-state index contributed by atoms with van der Waals surface area (Å²) in [6.45, 7) is 2.10. The van der Waals surface area contributed by atoms with Gasteiger partial charge in [0.2, 0.25) is 0 Å². The summed E-state index contributed by atoms with van der Waals surface area (Å²) in [7, 11) is 1.66. The fraction of sp³-hybridized carbons (Fsp3) is 0.500. The maximum Gasteiger partial charge on any atom is 0.314 e. The minimum Gasteiger partial charge on any atom is -0.497 e. The van der Waals surface area contributed by atoms with Crippen LogP contribution in [0.4, 0.5) is 4.79 Å². The van der Waals surface area contributed by atoms with Gasteiger partial charge in [-0.3, -0.25) is 0 Å². The SMILES string of the molecule is COc1ccc2[nH]cc(CCNC(=O)NCC[C@@H]3CCCO3)c2c1. The number of benzene rings is 1. The second-order valence-electron chi connectivity index (χ2n) is 6.08. The van der Waals surface area contributed by atoms with Gasteiger partial charge in [0.15, 0.2) is 0 Å². The lowest BCUT2D eigenvalue weighted by Crippen LogP contribution is -2.37. The van der Waals surface area contributed by atoms with Crippen molar-refractivity contribution in [3.05, 3.63) is 30.0 Å². The fourth-order valence-electron chi connectivity index (χ4n) is 3.08. The van der Waals surface area contributed by atoms with E-state index >= 15 is 0 Å². The number of fused-ring (bicyclic) bond motifs is 1. The van der Waals surface area contributed by atoms with Gasteiger partial charge in [0.05, 0.1) is 13.2 Å². The Kier molecular flexibility index (Phi) is 5.59. The van der Waals surface area contributed by atoms with Gasteiger partial charge in [-0.1, -0.05) is 0 Å². The molecule has 0 unspecified atom stereocenters. The molecule has 1 saturated heterocycles. The first-order valence-corrected chi connectivity index (χ1v) is 8.53. The number of aromatic amines is 1. The van der Waals surface area contributed by atoms with Crippen LogP contribution in [0.3, 0.4) is 0 Å². The molecule has 0 aliphatic carbocycles. The molecule has 1 fully saturated rings. The molecule has 1 aromatic heterocycles. The highest BCUT2D eigenvalue weighted by Gasteiger charge is 2.15. The van der Waals surface area contributed by atoms with Crippen LogP contribution in [0, 0.1) is 0 Å². The van der Waals surface area contributed by atoms with Crippen molar-refractivity contribution in [2.45, 2.75) is 31.8 Å². The van der Waals surface area contributed by atoms with E-state index < -0.39 is 0 Å².